The number of carbonyl (C=O) groups is 2. The van der Waals surface area contributed by atoms with Crippen LogP contribution < -0.4 is 11.5 Å². The molecule has 6 nitrogen and oxygen atoms in total. The molecule has 0 aliphatic heterocycles. The number of aliphatic carboxylic acids is 1. The van der Waals surface area contributed by atoms with Crippen molar-refractivity contribution in [2.24, 2.45) is 16.5 Å². The summed E-state index contributed by atoms with van der Waals surface area (Å²) in [6.45, 7) is 5.21. The smallest absolute Gasteiger partial charge is 0.332 e. The van der Waals surface area contributed by atoms with Gasteiger partial charge in [0.1, 0.15) is 0 Å². The van der Waals surface area contributed by atoms with Crippen LogP contribution in [0.25, 0.3) is 0 Å². The van der Waals surface area contributed by atoms with Gasteiger partial charge < -0.3 is 16.6 Å². The second kappa shape index (κ2) is 6.61. The lowest BCUT2D eigenvalue weighted by Gasteiger charge is -2.22. The number of nitrogens with two attached hydrogens (primary N) is 2. The highest BCUT2D eigenvalue weighted by Gasteiger charge is 2.39. The fourth-order valence-corrected chi connectivity index (χ4v) is 1.97. The van der Waals surface area contributed by atoms with Crippen LogP contribution in [0.3, 0.4) is 0 Å². The predicted octanol–water partition coefficient (Wildman–Crippen LogP) is -0.144. The standard InChI is InChI=1S/C10H19N3O3S/c1-6(4-13-8(3)11)17-5-10(12,7(2)14)9(15)16/h6H,4-5,12H2,1-3H3,(H2,11,13)(H,15,16)/t6-,10-/m1/s1. The first-order valence-corrected chi connectivity index (χ1v) is 6.16. The molecular weight excluding hydrogens is 242 g/mol. The number of ketones is 1. The van der Waals surface area contributed by atoms with Crippen LogP contribution in [0.4, 0.5) is 0 Å². The topological polar surface area (TPSA) is 119 Å². The van der Waals surface area contributed by atoms with Crippen molar-refractivity contribution in [3.63, 3.8) is 0 Å². The summed E-state index contributed by atoms with van der Waals surface area (Å²) in [5.74, 6) is -1.36. The van der Waals surface area contributed by atoms with Crippen molar-refractivity contribution < 1.29 is 14.7 Å². The highest BCUT2D eigenvalue weighted by atomic mass is 32.2. The maximum absolute atomic E-state index is 11.2. The molecule has 0 heterocycles. The third-order valence-corrected chi connectivity index (χ3v) is 3.54. The van der Waals surface area contributed by atoms with E-state index < -0.39 is 17.3 Å². The Balaban J connectivity index is 4.38. The first-order valence-electron chi connectivity index (χ1n) is 5.11. The molecule has 5 N–H and O–H groups in total. The molecule has 0 radical (unpaired) electrons. The molecule has 0 aromatic carbocycles. The van der Waals surface area contributed by atoms with Gasteiger partial charge in [-0.15, -0.1) is 0 Å². The van der Waals surface area contributed by atoms with E-state index in [0.29, 0.717) is 12.4 Å². The zero-order valence-corrected chi connectivity index (χ0v) is 11.1. The Labute approximate surface area is 105 Å². The number of carboxylic acids is 1. The molecule has 0 saturated carbocycles. The molecule has 0 bridgehead atoms. The summed E-state index contributed by atoms with van der Waals surface area (Å²) in [4.78, 5) is 26.2. The first kappa shape index (κ1) is 15.9. The zero-order chi connectivity index (χ0) is 13.6. The fraction of sp³-hybridized carbons (Fsp3) is 0.700. The number of nitrogens with zero attached hydrogens (tertiary/aromatic N) is 1. The molecule has 0 fully saturated rings. The van der Waals surface area contributed by atoms with E-state index in [-0.39, 0.29) is 11.0 Å². The number of aliphatic imine (C=N–C) groups is 1. The average molecular weight is 261 g/mol. The highest BCUT2D eigenvalue weighted by molar-refractivity contribution is 8.00. The van der Waals surface area contributed by atoms with Gasteiger partial charge in [0.25, 0.3) is 0 Å². The average Bonchev–Trinajstić information content (AvgIpc) is 2.22. The molecule has 0 aliphatic carbocycles. The molecular formula is C10H19N3O3S. The number of carbonyl (C=O) groups excluding carboxylic acids is 1. The lowest BCUT2D eigenvalue weighted by Crippen LogP contribution is -2.56. The summed E-state index contributed by atoms with van der Waals surface area (Å²) in [7, 11) is 0. The Bertz CT molecular complexity index is 313. The third kappa shape index (κ3) is 5.18. The van der Waals surface area contributed by atoms with Gasteiger partial charge in [0.05, 0.1) is 12.4 Å². The van der Waals surface area contributed by atoms with Crippen LogP contribution in [-0.2, 0) is 9.59 Å². The SMILES string of the molecule is CC(=O)[C@](N)(CS[C@H](C)CN=C(C)N)C(=O)O. The molecule has 0 saturated heterocycles. The van der Waals surface area contributed by atoms with E-state index in [1.807, 2.05) is 6.92 Å². The first-order chi connectivity index (χ1) is 7.70. The number of amidine groups is 1. The van der Waals surface area contributed by atoms with Crippen LogP contribution in [0.1, 0.15) is 20.8 Å². The molecule has 98 valence electrons. The van der Waals surface area contributed by atoms with Gasteiger partial charge in [-0.3, -0.25) is 9.79 Å². The minimum atomic E-state index is -1.82. The molecule has 0 unspecified atom stereocenters. The van der Waals surface area contributed by atoms with Gasteiger partial charge in [-0.25, -0.2) is 4.79 Å². The van der Waals surface area contributed by atoms with Crippen molar-refractivity contribution >= 4 is 29.4 Å². The van der Waals surface area contributed by atoms with Crippen LogP contribution in [0.5, 0.6) is 0 Å². The second-order valence-corrected chi connectivity index (χ2v) is 5.36. The lowest BCUT2D eigenvalue weighted by molar-refractivity contribution is -0.146. The molecule has 0 aromatic heterocycles. The van der Waals surface area contributed by atoms with Crippen molar-refractivity contribution in [1.29, 1.82) is 0 Å². The summed E-state index contributed by atoms with van der Waals surface area (Å²) >= 11 is 1.29. The normalized spacial score (nSPS) is 17.3. The Kier molecular flexibility index (Phi) is 6.19. The number of thioether (sulfide) groups is 1. The Morgan fingerprint density at radius 1 is 1.47 bits per heavy atom. The predicted molar refractivity (Wildman–Crippen MR) is 69.3 cm³/mol. The summed E-state index contributed by atoms with van der Waals surface area (Å²) in [5.41, 5.74) is 9.13. The highest BCUT2D eigenvalue weighted by Crippen LogP contribution is 2.18. The third-order valence-electron chi connectivity index (χ3n) is 2.20. The van der Waals surface area contributed by atoms with Gasteiger partial charge in [-0.1, -0.05) is 6.92 Å². The Hall–Kier alpha value is -1.08. The largest absolute Gasteiger partial charge is 0.480 e. The van der Waals surface area contributed by atoms with Crippen molar-refractivity contribution in [3.05, 3.63) is 0 Å². The van der Waals surface area contributed by atoms with Crippen molar-refractivity contribution in [1.82, 2.24) is 0 Å². The van der Waals surface area contributed by atoms with Gasteiger partial charge in [0, 0.05) is 11.0 Å². The van der Waals surface area contributed by atoms with Gasteiger partial charge in [-0.2, -0.15) is 11.8 Å². The van der Waals surface area contributed by atoms with Gasteiger partial charge in [0.2, 0.25) is 0 Å². The van der Waals surface area contributed by atoms with E-state index in [9.17, 15) is 9.59 Å². The summed E-state index contributed by atoms with van der Waals surface area (Å²) < 4.78 is 0. The van der Waals surface area contributed by atoms with Crippen LogP contribution in [0.15, 0.2) is 4.99 Å². The molecule has 0 rings (SSSR count). The zero-order valence-electron chi connectivity index (χ0n) is 10.3. The number of hydrogen-bond donors (Lipinski definition) is 3. The number of rotatable bonds is 7. The molecule has 7 heteroatoms. The monoisotopic (exact) mass is 261 g/mol. The number of Topliss-reactive ketones (excluding diaryl/α,β-unsaturated/α-hetero) is 1. The number of carboxylic acid groups (broad SMARTS) is 1. The second-order valence-electron chi connectivity index (χ2n) is 3.94. The van der Waals surface area contributed by atoms with E-state index in [1.165, 1.54) is 18.7 Å². The Morgan fingerprint density at radius 3 is 2.35 bits per heavy atom. The van der Waals surface area contributed by atoms with Crippen molar-refractivity contribution in [2.45, 2.75) is 31.6 Å². The van der Waals surface area contributed by atoms with Crippen LogP contribution in [0.2, 0.25) is 0 Å². The minimum Gasteiger partial charge on any atom is -0.480 e. The molecule has 17 heavy (non-hydrogen) atoms. The van der Waals surface area contributed by atoms with Gasteiger partial charge in [-0.05, 0) is 13.8 Å². The quantitative estimate of drug-likeness (QED) is 0.333. The van der Waals surface area contributed by atoms with Crippen molar-refractivity contribution in [3.8, 4) is 0 Å². The number of hydrogen-bond acceptors (Lipinski definition) is 5. The van der Waals surface area contributed by atoms with Crippen LogP contribution in [-0.4, -0.2) is 45.8 Å². The van der Waals surface area contributed by atoms with E-state index in [4.69, 9.17) is 16.6 Å². The lowest BCUT2D eigenvalue weighted by atomic mass is 9.99. The molecule has 0 amide bonds. The molecule has 0 aliphatic rings. The van der Waals surface area contributed by atoms with Gasteiger partial charge >= 0.3 is 5.97 Å². The maximum atomic E-state index is 11.2. The fourth-order valence-electron chi connectivity index (χ4n) is 0.913. The maximum Gasteiger partial charge on any atom is 0.332 e. The van der Waals surface area contributed by atoms with E-state index in [2.05, 4.69) is 4.99 Å². The summed E-state index contributed by atoms with van der Waals surface area (Å²) in [6.07, 6.45) is 0. The Morgan fingerprint density at radius 2 is 2.00 bits per heavy atom. The van der Waals surface area contributed by atoms with E-state index in [0.717, 1.165) is 0 Å². The van der Waals surface area contributed by atoms with E-state index >= 15 is 0 Å². The van der Waals surface area contributed by atoms with E-state index in [1.54, 1.807) is 6.92 Å². The molecule has 2 atom stereocenters. The van der Waals surface area contributed by atoms with Crippen LogP contribution >= 0.6 is 11.8 Å². The minimum absolute atomic E-state index is 0.0258. The summed E-state index contributed by atoms with van der Waals surface area (Å²) in [5, 5.41) is 8.98. The van der Waals surface area contributed by atoms with Crippen molar-refractivity contribution in [2.75, 3.05) is 12.3 Å². The molecule has 0 aromatic rings. The molecule has 0 spiro atoms. The van der Waals surface area contributed by atoms with Gasteiger partial charge in [0.15, 0.2) is 11.3 Å². The summed E-state index contributed by atoms with van der Waals surface area (Å²) in [6, 6.07) is 0. The van der Waals surface area contributed by atoms with Crippen LogP contribution in [0, 0.1) is 0 Å².